The number of allylic oxidation sites excluding steroid dienone is 5. The molecule has 0 aliphatic heterocycles. The van der Waals surface area contributed by atoms with Crippen molar-refractivity contribution in [2.24, 2.45) is 0 Å². The summed E-state index contributed by atoms with van der Waals surface area (Å²) in [7, 11) is 0. The van der Waals surface area contributed by atoms with Gasteiger partial charge in [-0.15, -0.1) is 0 Å². The third-order valence-electron chi connectivity index (χ3n) is 1.98. The monoisotopic (exact) mass is 201 g/mol. The van der Waals surface area contributed by atoms with Crippen LogP contribution in [0.25, 0.3) is 5.57 Å². The van der Waals surface area contributed by atoms with Crippen LogP contribution in [0.4, 0.5) is 11.6 Å². The molecule has 0 radical (unpaired) electrons. The Labute approximate surface area is 89.8 Å². The first-order chi connectivity index (χ1) is 7.19. The summed E-state index contributed by atoms with van der Waals surface area (Å²) in [5.41, 5.74) is 13.2. The van der Waals surface area contributed by atoms with Crippen LogP contribution in [0.15, 0.2) is 43.0 Å². The van der Waals surface area contributed by atoms with Gasteiger partial charge in [-0.1, -0.05) is 30.9 Å². The standard InChI is InChI=1S/C12H15N3/c1-3-5-6-9(4-2)10-7-8-11(13)15-12(10)14/h3-8H,1H2,2H3,(H4,13,14,15)/b6-5-,9-4+. The lowest BCUT2D eigenvalue weighted by Gasteiger charge is -2.05. The fourth-order valence-corrected chi connectivity index (χ4v) is 1.25. The predicted octanol–water partition coefficient (Wildman–Crippen LogP) is 2.39. The van der Waals surface area contributed by atoms with Gasteiger partial charge in [0.2, 0.25) is 0 Å². The molecule has 0 amide bonds. The first-order valence-corrected chi connectivity index (χ1v) is 4.66. The van der Waals surface area contributed by atoms with E-state index in [2.05, 4.69) is 11.6 Å². The highest BCUT2D eigenvalue weighted by Gasteiger charge is 2.03. The van der Waals surface area contributed by atoms with E-state index in [1.807, 2.05) is 31.2 Å². The molecule has 0 unspecified atom stereocenters. The smallest absolute Gasteiger partial charge is 0.133 e. The molecule has 1 aromatic heterocycles. The maximum atomic E-state index is 5.78. The Hall–Kier alpha value is -2.03. The molecule has 0 aliphatic carbocycles. The minimum absolute atomic E-state index is 0.430. The molecule has 0 spiro atoms. The number of hydrogen-bond donors (Lipinski definition) is 2. The normalized spacial score (nSPS) is 11.9. The van der Waals surface area contributed by atoms with E-state index < -0.39 is 0 Å². The van der Waals surface area contributed by atoms with Crippen molar-refractivity contribution in [2.75, 3.05) is 11.5 Å². The summed E-state index contributed by atoms with van der Waals surface area (Å²) in [6, 6.07) is 3.59. The van der Waals surface area contributed by atoms with E-state index in [0.29, 0.717) is 11.6 Å². The van der Waals surface area contributed by atoms with Crippen LogP contribution in [0.5, 0.6) is 0 Å². The number of anilines is 2. The van der Waals surface area contributed by atoms with Crippen LogP contribution in [-0.4, -0.2) is 4.98 Å². The lowest BCUT2D eigenvalue weighted by atomic mass is 10.1. The summed E-state index contributed by atoms with van der Waals surface area (Å²) in [5.74, 6) is 0.871. The molecule has 78 valence electrons. The molecular weight excluding hydrogens is 186 g/mol. The molecular formula is C12H15N3. The predicted molar refractivity (Wildman–Crippen MR) is 66.0 cm³/mol. The van der Waals surface area contributed by atoms with Crippen LogP contribution in [-0.2, 0) is 0 Å². The second-order valence-electron chi connectivity index (χ2n) is 3.01. The van der Waals surface area contributed by atoms with E-state index in [-0.39, 0.29) is 0 Å². The van der Waals surface area contributed by atoms with E-state index in [9.17, 15) is 0 Å². The van der Waals surface area contributed by atoms with Crippen molar-refractivity contribution in [3.63, 3.8) is 0 Å². The molecule has 0 saturated carbocycles. The molecule has 1 rings (SSSR count). The zero-order valence-electron chi connectivity index (χ0n) is 8.77. The highest BCUT2D eigenvalue weighted by atomic mass is 14.9. The van der Waals surface area contributed by atoms with Crippen molar-refractivity contribution < 1.29 is 0 Å². The van der Waals surface area contributed by atoms with Crippen molar-refractivity contribution in [1.29, 1.82) is 0 Å². The molecule has 3 heteroatoms. The number of nitrogens with two attached hydrogens (primary N) is 2. The largest absolute Gasteiger partial charge is 0.384 e. The molecule has 0 atom stereocenters. The fourth-order valence-electron chi connectivity index (χ4n) is 1.25. The second kappa shape index (κ2) is 5.00. The quantitative estimate of drug-likeness (QED) is 0.738. The third kappa shape index (κ3) is 2.71. The van der Waals surface area contributed by atoms with Gasteiger partial charge in [-0.2, -0.15) is 0 Å². The van der Waals surface area contributed by atoms with E-state index in [1.54, 1.807) is 12.1 Å². The lowest BCUT2D eigenvalue weighted by Crippen LogP contribution is -1.99. The number of pyridine rings is 1. The van der Waals surface area contributed by atoms with Gasteiger partial charge in [-0.3, -0.25) is 0 Å². The van der Waals surface area contributed by atoms with Gasteiger partial charge in [-0.25, -0.2) is 4.98 Å². The van der Waals surface area contributed by atoms with Crippen molar-refractivity contribution in [3.8, 4) is 0 Å². The number of aromatic nitrogens is 1. The molecule has 1 heterocycles. The minimum Gasteiger partial charge on any atom is -0.384 e. The highest BCUT2D eigenvalue weighted by Crippen LogP contribution is 2.21. The van der Waals surface area contributed by atoms with Crippen LogP contribution in [0.2, 0.25) is 0 Å². The van der Waals surface area contributed by atoms with Gasteiger partial charge in [0, 0.05) is 5.56 Å². The van der Waals surface area contributed by atoms with Gasteiger partial charge in [0.1, 0.15) is 11.6 Å². The number of nitrogen functional groups attached to an aromatic ring is 2. The average molecular weight is 201 g/mol. The molecule has 0 fully saturated rings. The van der Waals surface area contributed by atoms with Gasteiger partial charge >= 0.3 is 0 Å². The topological polar surface area (TPSA) is 64.9 Å². The molecule has 3 nitrogen and oxygen atoms in total. The lowest BCUT2D eigenvalue weighted by molar-refractivity contribution is 1.33. The second-order valence-corrected chi connectivity index (χ2v) is 3.01. The number of rotatable bonds is 3. The summed E-state index contributed by atoms with van der Waals surface area (Å²) < 4.78 is 0. The van der Waals surface area contributed by atoms with E-state index in [0.717, 1.165) is 11.1 Å². The average Bonchev–Trinajstić information content (AvgIpc) is 2.21. The Bertz CT molecular complexity index is 417. The minimum atomic E-state index is 0.430. The molecule has 15 heavy (non-hydrogen) atoms. The van der Waals surface area contributed by atoms with E-state index in [1.165, 1.54) is 0 Å². The molecule has 0 aliphatic rings. The summed E-state index contributed by atoms with van der Waals surface area (Å²) in [6.07, 6.45) is 7.45. The Morgan fingerprint density at radius 1 is 1.40 bits per heavy atom. The molecule has 1 aromatic rings. The Morgan fingerprint density at radius 3 is 2.67 bits per heavy atom. The molecule has 4 N–H and O–H groups in total. The zero-order chi connectivity index (χ0) is 11.3. The third-order valence-corrected chi connectivity index (χ3v) is 1.98. The Balaban J connectivity index is 3.13. The van der Waals surface area contributed by atoms with Crippen LogP contribution >= 0.6 is 0 Å². The maximum Gasteiger partial charge on any atom is 0.133 e. The maximum absolute atomic E-state index is 5.78. The van der Waals surface area contributed by atoms with Crippen molar-refractivity contribution >= 4 is 17.2 Å². The van der Waals surface area contributed by atoms with Crippen LogP contribution in [0.3, 0.4) is 0 Å². The van der Waals surface area contributed by atoms with Crippen molar-refractivity contribution in [1.82, 2.24) is 4.98 Å². The van der Waals surface area contributed by atoms with E-state index in [4.69, 9.17) is 11.5 Å². The Kier molecular flexibility index (Phi) is 3.68. The SMILES string of the molecule is C=C/C=C\C(=C/C)c1ccc(N)nc1N. The zero-order valence-corrected chi connectivity index (χ0v) is 8.77. The van der Waals surface area contributed by atoms with Gasteiger partial charge in [0.15, 0.2) is 0 Å². The van der Waals surface area contributed by atoms with Gasteiger partial charge in [-0.05, 0) is 24.6 Å². The van der Waals surface area contributed by atoms with Gasteiger partial charge in [0.05, 0.1) is 0 Å². The summed E-state index contributed by atoms with van der Waals surface area (Å²) in [6.45, 7) is 5.56. The summed E-state index contributed by atoms with van der Waals surface area (Å²) in [4.78, 5) is 4.01. The molecule has 0 aromatic carbocycles. The van der Waals surface area contributed by atoms with Gasteiger partial charge in [0.25, 0.3) is 0 Å². The van der Waals surface area contributed by atoms with Crippen LogP contribution < -0.4 is 11.5 Å². The first kappa shape index (κ1) is 11.0. The first-order valence-electron chi connectivity index (χ1n) is 4.66. The van der Waals surface area contributed by atoms with Crippen LogP contribution in [0, 0.1) is 0 Å². The summed E-state index contributed by atoms with van der Waals surface area (Å²) in [5, 5.41) is 0. The van der Waals surface area contributed by atoms with Gasteiger partial charge < -0.3 is 11.5 Å². The fraction of sp³-hybridized carbons (Fsp3) is 0.0833. The molecule has 0 saturated heterocycles. The van der Waals surface area contributed by atoms with E-state index >= 15 is 0 Å². The summed E-state index contributed by atoms with van der Waals surface area (Å²) >= 11 is 0. The van der Waals surface area contributed by atoms with Crippen molar-refractivity contribution in [3.05, 3.63) is 48.6 Å². The molecule has 0 bridgehead atoms. The Morgan fingerprint density at radius 2 is 2.13 bits per heavy atom. The number of hydrogen-bond acceptors (Lipinski definition) is 3. The van der Waals surface area contributed by atoms with Crippen LogP contribution in [0.1, 0.15) is 12.5 Å². The highest BCUT2D eigenvalue weighted by molar-refractivity contribution is 5.80. The number of nitrogens with zero attached hydrogens (tertiary/aromatic N) is 1. The van der Waals surface area contributed by atoms with Crippen molar-refractivity contribution in [2.45, 2.75) is 6.92 Å².